The number of nitrogens with one attached hydrogen (secondary N) is 1. The molecule has 3 heteroatoms. The minimum atomic E-state index is -0.0180. The van der Waals surface area contributed by atoms with Gasteiger partial charge in [-0.25, -0.2) is 0 Å². The summed E-state index contributed by atoms with van der Waals surface area (Å²) in [4.78, 5) is 4.04. The number of nitrogens with zero attached hydrogens (tertiary/aromatic N) is 1. The number of aliphatic hydroxyl groups is 1. The summed E-state index contributed by atoms with van der Waals surface area (Å²) < 4.78 is 0. The van der Waals surface area contributed by atoms with Crippen LogP contribution in [-0.4, -0.2) is 16.1 Å². The van der Waals surface area contributed by atoms with E-state index < -0.39 is 0 Å². The van der Waals surface area contributed by atoms with E-state index in [1.807, 2.05) is 26.0 Å². The van der Waals surface area contributed by atoms with E-state index in [0.717, 1.165) is 5.69 Å². The van der Waals surface area contributed by atoms with Gasteiger partial charge in [0.25, 0.3) is 0 Å². The second kappa shape index (κ2) is 4.07. The highest BCUT2D eigenvalue weighted by Crippen LogP contribution is 2.12. The van der Waals surface area contributed by atoms with Crippen molar-refractivity contribution in [2.45, 2.75) is 26.5 Å². The third-order valence-electron chi connectivity index (χ3n) is 1.48. The van der Waals surface area contributed by atoms with E-state index >= 15 is 0 Å². The van der Waals surface area contributed by atoms with E-state index in [9.17, 15) is 0 Å². The molecule has 1 heterocycles. The molecule has 0 amide bonds. The van der Waals surface area contributed by atoms with E-state index in [2.05, 4.69) is 10.3 Å². The molecule has 0 aliphatic heterocycles. The molecule has 0 fully saturated rings. The fourth-order valence-corrected chi connectivity index (χ4v) is 1.01. The molecule has 0 bridgehead atoms. The zero-order valence-corrected chi connectivity index (χ0v) is 7.41. The molecule has 0 atom stereocenters. The SMILES string of the molecule is CC(C)Nc1cccnc1CO. The monoisotopic (exact) mass is 166 g/mol. The van der Waals surface area contributed by atoms with Crippen molar-refractivity contribution >= 4 is 5.69 Å². The molecule has 1 aromatic heterocycles. The molecule has 66 valence electrons. The summed E-state index contributed by atoms with van der Waals surface area (Å²) in [5, 5.41) is 12.1. The minimum Gasteiger partial charge on any atom is -0.390 e. The van der Waals surface area contributed by atoms with Gasteiger partial charge in [0, 0.05) is 12.2 Å². The molecule has 0 aromatic carbocycles. The molecule has 0 spiro atoms. The summed E-state index contributed by atoms with van der Waals surface area (Å²) in [6.45, 7) is 4.08. The summed E-state index contributed by atoms with van der Waals surface area (Å²) in [5.41, 5.74) is 1.61. The molecule has 1 rings (SSSR count). The first-order chi connectivity index (χ1) is 5.74. The van der Waals surface area contributed by atoms with Gasteiger partial charge in [0.05, 0.1) is 18.0 Å². The number of aromatic nitrogens is 1. The molecule has 0 saturated heterocycles. The lowest BCUT2D eigenvalue weighted by Gasteiger charge is -2.11. The van der Waals surface area contributed by atoms with Crippen LogP contribution in [0.2, 0.25) is 0 Å². The van der Waals surface area contributed by atoms with E-state index in [0.29, 0.717) is 11.7 Å². The zero-order chi connectivity index (χ0) is 8.97. The Morgan fingerprint density at radius 1 is 1.58 bits per heavy atom. The largest absolute Gasteiger partial charge is 0.390 e. The molecule has 0 unspecified atom stereocenters. The van der Waals surface area contributed by atoms with Gasteiger partial charge in [0.1, 0.15) is 0 Å². The highest BCUT2D eigenvalue weighted by molar-refractivity contribution is 5.47. The van der Waals surface area contributed by atoms with Crippen LogP contribution in [0, 0.1) is 0 Å². The molecular weight excluding hydrogens is 152 g/mol. The fourth-order valence-electron chi connectivity index (χ4n) is 1.01. The van der Waals surface area contributed by atoms with Crippen LogP contribution in [-0.2, 0) is 6.61 Å². The highest BCUT2D eigenvalue weighted by atomic mass is 16.3. The predicted molar refractivity (Wildman–Crippen MR) is 48.9 cm³/mol. The summed E-state index contributed by atoms with van der Waals surface area (Å²) in [7, 11) is 0. The van der Waals surface area contributed by atoms with Gasteiger partial charge >= 0.3 is 0 Å². The summed E-state index contributed by atoms with van der Waals surface area (Å²) in [6, 6.07) is 4.13. The predicted octanol–water partition coefficient (Wildman–Crippen LogP) is 1.39. The van der Waals surface area contributed by atoms with Crippen LogP contribution < -0.4 is 5.32 Å². The van der Waals surface area contributed by atoms with Crippen LogP contribution in [0.1, 0.15) is 19.5 Å². The molecule has 0 aliphatic carbocycles. The summed E-state index contributed by atoms with van der Waals surface area (Å²) in [6.07, 6.45) is 1.68. The molecule has 0 saturated carbocycles. The second-order valence-electron chi connectivity index (χ2n) is 2.95. The van der Waals surface area contributed by atoms with Crippen molar-refractivity contribution in [2.75, 3.05) is 5.32 Å². The lowest BCUT2D eigenvalue weighted by molar-refractivity contribution is 0.277. The van der Waals surface area contributed by atoms with Crippen molar-refractivity contribution in [1.29, 1.82) is 0 Å². The second-order valence-corrected chi connectivity index (χ2v) is 2.95. The van der Waals surface area contributed by atoms with E-state index in [-0.39, 0.29) is 6.61 Å². The van der Waals surface area contributed by atoms with Crippen molar-refractivity contribution in [1.82, 2.24) is 4.98 Å². The average molecular weight is 166 g/mol. The number of anilines is 1. The third-order valence-corrected chi connectivity index (χ3v) is 1.48. The van der Waals surface area contributed by atoms with Crippen LogP contribution in [0.5, 0.6) is 0 Å². The standard InChI is InChI=1S/C9H14N2O/c1-7(2)11-8-4-3-5-10-9(8)6-12/h3-5,7,11-12H,6H2,1-2H3. The van der Waals surface area contributed by atoms with Crippen molar-refractivity contribution in [3.63, 3.8) is 0 Å². The molecular formula is C9H14N2O. The maximum Gasteiger partial charge on any atom is 0.0888 e. The van der Waals surface area contributed by atoms with Gasteiger partial charge in [-0.2, -0.15) is 0 Å². The van der Waals surface area contributed by atoms with E-state index in [4.69, 9.17) is 5.11 Å². The minimum absolute atomic E-state index is 0.0180. The molecule has 0 aliphatic rings. The number of rotatable bonds is 3. The first-order valence-electron chi connectivity index (χ1n) is 4.05. The van der Waals surface area contributed by atoms with Crippen LogP contribution in [0.25, 0.3) is 0 Å². The van der Waals surface area contributed by atoms with E-state index in [1.54, 1.807) is 6.20 Å². The lowest BCUT2D eigenvalue weighted by Crippen LogP contribution is -2.12. The Bertz CT molecular complexity index is 248. The quantitative estimate of drug-likeness (QED) is 0.713. The fraction of sp³-hybridized carbons (Fsp3) is 0.444. The van der Waals surface area contributed by atoms with Gasteiger partial charge in [-0.05, 0) is 26.0 Å². The Kier molecular flexibility index (Phi) is 3.05. The Balaban J connectivity index is 2.82. The highest BCUT2D eigenvalue weighted by Gasteiger charge is 2.01. The van der Waals surface area contributed by atoms with Crippen molar-refractivity contribution in [3.05, 3.63) is 24.0 Å². The first-order valence-corrected chi connectivity index (χ1v) is 4.05. The smallest absolute Gasteiger partial charge is 0.0888 e. The van der Waals surface area contributed by atoms with E-state index in [1.165, 1.54) is 0 Å². The molecule has 3 nitrogen and oxygen atoms in total. The number of pyridine rings is 1. The Hall–Kier alpha value is -1.09. The van der Waals surface area contributed by atoms with Gasteiger partial charge in [0.2, 0.25) is 0 Å². The topological polar surface area (TPSA) is 45.2 Å². The maximum absolute atomic E-state index is 8.93. The molecule has 12 heavy (non-hydrogen) atoms. The molecule has 1 aromatic rings. The van der Waals surface area contributed by atoms with Crippen LogP contribution in [0.3, 0.4) is 0 Å². The van der Waals surface area contributed by atoms with Crippen molar-refractivity contribution < 1.29 is 5.11 Å². The number of hydrogen-bond donors (Lipinski definition) is 2. The number of aliphatic hydroxyl groups excluding tert-OH is 1. The normalized spacial score (nSPS) is 10.3. The van der Waals surface area contributed by atoms with Gasteiger partial charge < -0.3 is 10.4 Å². The van der Waals surface area contributed by atoms with Crippen molar-refractivity contribution in [3.8, 4) is 0 Å². The van der Waals surface area contributed by atoms with Gasteiger partial charge in [-0.15, -0.1) is 0 Å². The molecule has 0 radical (unpaired) electrons. The van der Waals surface area contributed by atoms with Gasteiger partial charge in [0.15, 0.2) is 0 Å². The molecule has 2 N–H and O–H groups in total. The van der Waals surface area contributed by atoms with Crippen LogP contribution in [0.4, 0.5) is 5.69 Å². The Morgan fingerprint density at radius 2 is 2.33 bits per heavy atom. The zero-order valence-electron chi connectivity index (χ0n) is 7.41. The van der Waals surface area contributed by atoms with Gasteiger partial charge in [-0.3, -0.25) is 4.98 Å². The first kappa shape index (κ1) is 9.00. The summed E-state index contributed by atoms with van der Waals surface area (Å²) in [5.74, 6) is 0. The lowest BCUT2D eigenvalue weighted by atomic mass is 10.2. The number of hydrogen-bond acceptors (Lipinski definition) is 3. The maximum atomic E-state index is 8.93. The summed E-state index contributed by atoms with van der Waals surface area (Å²) >= 11 is 0. The third kappa shape index (κ3) is 2.20. The Morgan fingerprint density at radius 3 is 2.92 bits per heavy atom. The van der Waals surface area contributed by atoms with Crippen LogP contribution in [0.15, 0.2) is 18.3 Å². The Labute approximate surface area is 72.5 Å². The van der Waals surface area contributed by atoms with Crippen LogP contribution >= 0.6 is 0 Å². The van der Waals surface area contributed by atoms with Gasteiger partial charge in [-0.1, -0.05) is 0 Å². The van der Waals surface area contributed by atoms with Crippen molar-refractivity contribution in [2.24, 2.45) is 0 Å². The average Bonchev–Trinajstić information content (AvgIpc) is 2.04.